The summed E-state index contributed by atoms with van der Waals surface area (Å²) in [6.07, 6.45) is 5.21. The van der Waals surface area contributed by atoms with Gasteiger partial charge in [0.25, 0.3) is 0 Å². The lowest BCUT2D eigenvalue weighted by atomic mass is 9.86. The van der Waals surface area contributed by atoms with E-state index in [1.807, 2.05) is 52.0 Å². The number of fused-ring (bicyclic) bond motifs is 2. The van der Waals surface area contributed by atoms with Gasteiger partial charge in [-0.25, -0.2) is 4.98 Å². The van der Waals surface area contributed by atoms with E-state index in [2.05, 4.69) is 22.5 Å². The van der Waals surface area contributed by atoms with Gasteiger partial charge in [0.05, 0.1) is 36.9 Å². The zero-order valence-corrected chi connectivity index (χ0v) is 23.0. The second kappa shape index (κ2) is 9.32. The lowest BCUT2D eigenvalue weighted by Gasteiger charge is -2.34. The predicted molar refractivity (Wildman–Crippen MR) is 146 cm³/mol. The highest BCUT2D eigenvalue weighted by molar-refractivity contribution is 5.86. The molecule has 0 bridgehead atoms. The van der Waals surface area contributed by atoms with Crippen LogP contribution in [0.4, 0.5) is 11.8 Å². The Bertz CT molecular complexity index is 1500. The molecule has 1 saturated carbocycles. The highest BCUT2D eigenvalue weighted by Crippen LogP contribution is 2.55. The van der Waals surface area contributed by atoms with Gasteiger partial charge in [-0.3, -0.25) is 4.98 Å². The lowest BCUT2D eigenvalue weighted by molar-refractivity contribution is -0.174. The van der Waals surface area contributed by atoms with Crippen molar-refractivity contribution in [3.8, 4) is 11.3 Å². The van der Waals surface area contributed by atoms with Crippen LogP contribution < -0.4 is 10.6 Å². The minimum atomic E-state index is -0.891. The van der Waals surface area contributed by atoms with Gasteiger partial charge in [-0.2, -0.15) is 4.98 Å². The number of pyridine rings is 1. The molecule has 1 aliphatic heterocycles. The van der Waals surface area contributed by atoms with E-state index in [9.17, 15) is 5.11 Å². The minimum Gasteiger partial charge on any atom is -0.467 e. The van der Waals surface area contributed by atoms with Crippen molar-refractivity contribution in [3.63, 3.8) is 0 Å². The van der Waals surface area contributed by atoms with Crippen molar-refractivity contribution < 1.29 is 23.4 Å². The molecule has 10 heteroatoms. The van der Waals surface area contributed by atoms with E-state index in [4.69, 9.17) is 28.3 Å². The summed E-state index contributed by atoms with van der Waals surface area (Å²) < 4.78 is 24.7. The average Bonchev–Trinajstić information content (AvgIpc) is 3.66. The first-order chi connectivity index (χ1) is 18.6. The van der Waals surface area contributed by atoms with E-state index < -0.39 is 16.9 Å². The van der Waals surface area contributed by atoms with Crippen LogP contribution in [0.15, 0.2) is 45.6 Å². The molecule has 1 saturated heterocycles. The number of nitrogens with zero attached hydrogens (tertiary/aromatic N) is 3. The summed E-state index contributed by atoms with van der Waals surface area (Å²) in [4.78, 5) is 14.1. The Morgan fingerprint density at radius 3 is 2.74 bits per heavy atom. The smallest absolute Gasteiger partial charge is 0.225 e. The molecule has 0 radical (unpaired) electrons. The molecular weight excluding hydrogens is 498 g/mol. The Kier molecular flexibility index (Phi) is 6.16. The molecule has 0 aromatic carbocycles. The summed E-state index contributed by atoms with van der Waals surface area (Å²) in [5, 5.41) is 18.2. The monoisotopic (exact) mass is 533 g/mol. The van der Waals surface area contributed by atoms with Crippen molar-refractivity contribution in [1.82, 2.24) is 15.0 Å². The molecule has 0 amide bonds. The van der Waals surface area contributed by atoms with Crippen molar-refractivity contribution in [2.75, 3.05) is 17.2 Å². The molecule has 3 unspecified atom stereocenters. The molecular formula is C29H35N5O5. The highest BCUT2D eigenvalue weighted by atomic mass is 16.8. The van der Waals surface area contributed by atoms with Gasteiger partial charge < -0.3 is 34.0 Å². The number of nitrogens with one attached hydrogen (secondary N) is 2. The quantitative estimate of drug-likeness (QED) is 0.270. The molecule has 1 aliphatic carbocycles. The molecule has 39 heavy (non-hydrogen) atoms. The first-order valence-electron chi connectivity index (χ1n) is 13.4. The maximum atomic E-state index is 10.3. The highest BCUT2D eigenvalue weighted by Gasteiger charge is 2.64. The van der Waals surface area contributed by atoms with Gasteiger partial charge in [0.15, 0.2) is 17.1 Å². The number of ether oxygens (including phenoxy) is 2. The fourth-order valence-corrected chi connectivity index (χ4v) is 5.83. The number of hydrogen-bond donors (Lipinski definition) is 3. The van der Waals surface area contributed by atoms with E-state index in [-0.39, 0.29) is 12.7 Å². The Morgan fingerprint density at radius 2 is 2.00 bits per heavy atom. The zero-order chi connectivity index (χ0) is 27.4. The number of aryl methyl sites for hydroxylation is 2. The van der Waals surface area contributed by atoms with Crippen molar-refractivity contribution >= 4 is 22.7 Å². The summed E-state index contributed by atoms with van der Waals surface area (Å²) in [6, 6.07) is 7.78. The molecule has 6 rings (SSSR count). The first kappa shape index (κ1) is 25.8. The van der Waals surface area contributed by atoms with E-state index in [0.717, 1.165) is 40.9 Å². The zero-order valence-electron chi connectivity index (χ0n) is 23.0. The Hall–Kier alpha value is -3.47. The third kappa shape index (κ3) is 4.56. The number of rotatable bonds is 8. The standard InChI is InChI=1S/C29H35N5O5/c1-6-19-12-18-13-21(37-22(18)15-30-19)23-17(2)32-26(31-14-20-8-7-11-36-20)33-24(23)34-29-10-9-28(5,16-35)25(29)38-27(3,4)39-29/h7-8,11-13,15,25,35H,6,9-10,14,16H2,1-5H3,(H2,31,32,33,34). The van der Waals surface area contributed by atoms with E-state index >= 15 is 0 Å². The maximum Gasteiger partial charge on any atom is 0.225 e. The molecule has 3 atom stereocenters. The molecule has 4 aromatic heterocycles. The second-order valence-electron chi connectivity index (χ2n) is 11.3. The number of aliphatic hydroxyl groups excluding tert-OH is 1. The summed E-state index contributed by atoms with van der Waals surface area (Å²) in [7, 11) is 0. The third-order valence-electron chi connectivity index (χ3n) is 7.80. The molecule has 2 fully saturated rings. The Morgan fingerprint density at radius 1 is 1.15 bits per heavy atom. The van der Waals surface area contributed by atoms with Crippen LogP contribution in [-0.4, -0.2) is 44.3 Å². The normalized spacial score (nSPS) is 25.7. The van der Waals surface area contributed by atoms with Gasteiger partial charge in [-0.15, -0.1) is 0 Å². The predicted octanol–water partition coefficient (Wildman–Crippen LogP) is 5.41. The first-order valence-corrected chi connectivity index (χ1v) is 13.4. The van der Waals surface area contributed by atoms with Crippen molar-refractivity contribution in [1.29, 1.82) is 0 Å². The largest absolute Gasteiger partial charge is 0.467 e. The maximum absolute atomic E-state index is 10.3. The Labute approximate surface area is 227 Å². The minimum absolute atomic E-state index is 0.0114. The number of hydrogen-bond acceptors (Lipinski definition) is 10. The van der Waals surface area contributed by atoms with E-state index in [1.165, 1.54) is 0 Å². The topological polar surface area (TPSA) is 128 Å². The van der Waals surface area contributed by atoms with E-state index in [0.29, 0.717) is 36.1 Å². The van der Waals surface area contributed by atoms with Crippen LogP contribution in [0, 0.1) is 12.3 Å². The van der Waals surface area contributed by atoms with Crippen LogP contribution in [0.25, 0.3) is 22.3 Å². The van der Waals surface area contributed by atoms with Crippen LogP contribution in [-0.2, 0) is 22.4 Å². The van der Waals surface area contributed by atoms with Gasteiger partial charge in [-0.05, 0) is 64.3 Å². The summed E-state index contributed by atoms with van der Waals surface area (Å²) in [5.41, 5.74) is 1.79. The molecule has 2 aliphatic rings. The van der Waals surface area contributed by atoms with Gasteiger partial charge >= 0.3 is 0 Å². The second-order valence-corrected chi connectivity index (χ2v) is 11.3. The number of aliphatic hydroxyl groups is 1. The summed E-state index contributed by atoms with van der Waals surface area (Å²) in [5.74, 6) is 1.56. The van der Waals surface area contributed by atoms with Gasteiger partial charge in [0, 0.05) is 16.5 Å². The molecule has 5 heterocycles. The number of aromatic nitrogens is 3. The third-order valence-corrected chi connectivity index (χ3v) is 7.80. The summed E-state index contributed by atoms with van der Waals surface area (Å²) >= 11 is 0. The van der Waals surface area contributed by atoms with E-state index in [1.54, 1.807) is 12.5 Å². The fourth-order valence-electron chi connectivity index (χ4n) is 5.83. The summed E-state index contributed by atoms with van der Waals surface area (Å²) in [6.45, 7) is 10.3. The lowest BCUT2D eigenvalue weighted by Crippen LogP contribution is -2.49. The SMILES string of the molecule is CCc1cc2cc(-c3c(C)nc(NCc4ccco4)nc3NC34CCC(C)(CO)C3OC(C)(C)O4)oc2cn1. The van der Waals surface area contributed by atoms with Crippen LogP contribution in [0.2, 0.25) is 0 Å². The molecule has 10 nitrogen and oxygen atoms in total. The average molecular weight is 534 g/mol. The van der Waals surface area contributed by atoms with Crippen molar-refractivity contribution in [3.05, 3.63) is 53.9 Å². The molecule has 4 aromatic rings. The fraction of sp³-hybridized carbons (Fsp3) is 0.483. The Balaban J connectivity index is 1.45. The molecule has 206 valence electrons. The van der Waals surface area contributed by atoms with Gasteiger partial charge in [0.1, 0.15) is 23.4 Å². The van der Waals surface area contributed by atoms with Gasteiger partial charge in [-0.1, -0.05) is 13.8 Å². The van der Waals surface area contributed by atoms with Crippen LogP contribution in [0.5, 0.6) is 0 Å². The molecule has 0 spiro atoms. The van der Waals surface area contributed by atoms with Crippen LogP contribution >= 0.6 is 0 Å². The number of furan rings is 2. The number of anilines is 2. The van der Waals surface area contributed by atoms with Crippen LogP contribution in [0.1, 0.15) is 57.7 Å². The van der Waals surface area contributed by atoms with Crippen molar-refractivity contribution in [2.45, 2.75) is 78.0 Å². The van der Waals surface area contributed by atoms with Crippen LogP contribution in [0.3, 0.4) is 0 Å². The van der Waals surface area contributed by atoms with Gasteiger partial charge in [0.2, 0.25) is 5.95 Å². The van der Waals surface area contributed by atoms with Crippen molar-refractivity contribution in [2.24, 2.45) is 5.41 Å². The molecule has 3 N–H and O–H groups in total.